The molecule has 5 heteroatoms. The van der Waals surface area contributed by atoms with Crippen molar-refractivity contribution >= 4 is 28.9 Å². The summed E-state index contributed by atoms with van der Waals surface area (Å²) < 4.78 is 6.24. The molecule has 0 fully saturated rings. The van der Waals surface area contributed by atoms with Gasteiger partial charge in [0.15, 0.2) is 5.16 Å². The highest BCUT2D eigenvalue weighted by molar-refractivity contribution is 7.99. The maximum absolute atomic E-state index is 11.7. The van der Waals surface area contributed by atoms with Crippen molar-refractivity contribution in [1.29, 1.82) is 0 Å². The van der Waals surface area contributed by atoms with Gasteiger partial charge in [0, 0.05) is 5.75 Å². The predicted molar refractivity (Wildman–Crippen MR) is 68.5 cm³/mol. The van der Waals surface area contributed by atoms with Crippen molar-refractivity contribution in [2.45, 2.75) is 5.16 Å². The lowest BCUT2D eigenvalue weighted by Crippen LogP contribution is -2.12. The Morgan fingerprint density at radius 2 is 2.35 bits per heavy atom. The Balaban J connectivity index is 2.56. The van der Waals surface area contributed by atoms with Crippen LogP contribution in [0, 0.1) is 0 Å². The van der Waals surface area contributed by atoms with Gasteiger partial charge in [-0.05, 0) is 12.1 Å². The molecule has 0 spiro atoms. The van der Waals surface area contributed by atoms with E-state index in [0.29, 0.717) is 10.9 Å². The summed E-state index contributed by atoms with van der Waals surface area (Å²) in [7, 11) is 1.36. The minimum Gasteiger partial charge on any atom is -0.452 e. The van der Waals surface area contributed by atoms with E-state index in [2.05, 4.69) is 11.6 Å². The molecule has 0 amide bonds. The normalized spacial score (nSPS) is 10.4. The minimum atomic E-state index is -0.426. The molecule has 2 rings (SSSR count). The first-order valence-electron chi connectivity index (χ1n) is 5.07. The van der Waals surface area contributed by atoms with Crippen LogP contribution < -0.4 is 0 Å². The number of hydrogen-bond acceptors (Lipinski definition) is 4. The predicted octanol–water partition coefficient (Wildman–Crippen LogP) is 2.93. The number of para-hydroxylation sites is 2. The molecule has 0 radical (unpaired) electrons. The Labute approximate surface area is 103 Å². The molecule has 1 aromatic heterocycles. The highest BCUT2D eigenvalue weighted by Gasteiger charge is 2.16. The Kier molecular flexibility index (Phi) is 3.49. The molecule has 88 valence electrons. The Morgan fingerprint density at radius 1 is 1.59 bits per heavy atom. The number of nitrogens with zero attached hydrogens (tertiary/aromatic N) is 2. The van der Waals surface area contributed by atoms with Crippen molar-refractivity contribution in [2.24, 2.45) is 0 Å². The molecule has 1 heterocycles. The summed E-state index contributed by atoms with van der Waals surface area (Å²) in [5.74, 6) is 0.695. The van der Waals surface area contributed by atoms with Gasteiger partial charge in [0.2, 0.25) is 0 Å². The first kappa shape index (κ1) is 11.7. The molecular weight excluding hydrogens is 236 g/mol. The molecule has 0 unspecified atom stereocenters. The highest BCUT2D eigenvalue weighted by Crippen LogP contribution is 2.24. The van der Waals surface area contributed by atoms with E-state index in [-0.39, 0.29) is 0 Å². The molecule has 0 aliphatic heterocycles. The third kappa shape index (κ3) is 2.19. The number of rotatable bonds is 3. The maximum atomic E-state index is 11.7. The zero-order chi connectivity index (χ0) is 12.3. The molecular formula is C12H12N2O2S. The SMILES string of the molecule is C=CCSc1nc2ccccc2n1C(=O)OC. The summed E-state index contributed by atoms with van der Waals surface area (Å²) in [6.45, 7) is 3.65. The van der Waals surface area contributed by atoms with E-state index < -0.39 is 6.09 Å². The zero-order valence-electron chi connectivity index (χ0n) is 9.42. The molecule has 4 nitrogen and oxygen atoms in total. The van der Waals surface area contributed by atoms with Crippen molar-refractivity contribution in [1.82, 2.24) is 9.55 Å². The van der Waals surface area contributed by atoms with Gasteiger partial charge >= 0.3 is 6.09 Å². The number of ether oxygens (including phenoxy) is 1. The number of aromatic nitrogens is 2. The lowest BCUT2D eigenvalue weighted by Gasteiger charge is -2.04. The molecule has 17 heavy (non-hydrogen) atoms. The van der Waals surface area contributed by atoms with Gasteiger partial charge < -0.3 is 4.74 Å². The Morgan fingerprint density at radius 3 is 3.06 bits per heavy atom. The van der Waals surface area contributed by atoms with Gasteiger partial charge in [-0.1, -0.05) is 30.0 Å². The fourth-order valence-corrected chi connectivity index (χ4v) is 2.23. The largest absolute Gasteiger partial charge is 0.452 e. The molecule has 0 aliphatic rings. The second-order valence-corrected chi connectivity index (χ2v) is 4.28. The number of methoxy groups -OCH3 is 1. The van der Waals surface area contributed by atoms with Crippen LogP contribution in [0.5, 0.6) is 0 Å². The standard InChI is InChI=1S/C12H12N2O2S/c1-3-8-17-11-13-9-6-4-5-7-10(9)14(11)12(15)16-2/h3-7H,1,8H2,2H3. The van der Waals surface area contributed by atoms with Crippen LogP contribution in [0.2, 0.25) is 0 Å². The molecule has 2 aromatic rings. The Bertz CT molecular complexity index is 563. The molecule has 0 bridgehead atoms. The smallest absolute Gasteiger partial charge is 0.420 e. The lowest BCUT2D eigenvalue weighted by atomic mass is 10.3. The monoisotopic (exact) mass is 248 g/mol. The quantitative estimate of drug-likeness (QED) is 0.619. The van der Waals surface area contributed by atoms with Gasteiger partial charge in [-0.15, -0.1) is 6.58 Å². The van der Waals surface area contributed by atoms with Gasteiger partial charge in [-0.25, -0.2) is 14.3 Å². The van der Waals surface area contributed by atoms with Gasteiger partial charge in [0.1, 0.15) is 0 Å². The number of carbonyl (C=O) groups is 1. The van der Waals surface area contributed by atoms with E-state index in [0.717, 1.165) is 11.0 Å². The zero-order valence-corrected chi connectivity index (χ0v) is 10.2. The van der Waals surface area contributed by atoms with Gasteiger partial charge in [0.05, 0.1) is 18.1 Å². The van der Waals surface area contributed by atoms with E-state index in [9.17, 15) is 4.79 Å². The molecule has 0 atom stereocenters. The summed E-state index contributed by atoms with van der Waals surface area (Å²) in [6, 6.07) is 7.47. The Hall–Kier alpha value is -1.75. The first-order chi connectivity index (χ1) is 8.27. The first-order valence-corrected chi connectivity index (χ1v) is 6.06. The van der Waals surface area contributed by atoms with Crippen molar-refractivity contribution in [3.05, 3.63) is 36.9 Å². The van der Waals surface area contributed by atoms with Crippen molar-refractivity contribution in [3.63, 3.8) is 0 Å². The van der Waals surface area contributed by atoms with Crippen molar-refractivity contribution < 1.29 is 9.53 Å². The number of carbonyl (C=O) groups excluding carboxylic acids is 1. The van der Waals surface area contributed by atoms with E-state index in [1.165, 1.54) is 23.4 Å². The number of imidazole rings is 1. The average Bonchev–Trinajstić information content (AvgIpc) is 2.73. The summed E-state index contributed by atoms with van der Waals surface area (Å²) >= 11 is 1.45. The summed E-state index contributed by atoms with van der Waals surface area (Å²) in [5.41, 5.74) is 1.54. The number of thioether (sulfide) groups is 1. The van der Waals surface area contributed by atoms with Crippen molar-refractivity contribution in [3.8, 4) is 0 Å². The van der Waals surface area contributed by atoms with Crippen LogP contribution in [-0.2, 0) is 4.74 Å². The van der Waals surface area contributed by atoms with Crippen LogP contribution in [0.1, 0.15) is 0 Å². The van der Waals surface area contributed by atoms with E-state index in [1.54, 1.807) is 6.08 Å². The summed E-state index contributed by atoms with van der Waals surface area (Å²) in [6.07, 6.45) is 1.34. The van der Waals surface area contributed by atoms with Crippen LogP contribution in [-0.4, -0.2) is 28.5 Å². The topological polar surface area (TPSA) is 44.1 Å². The average molecular weight is 248 g/mol. The second kappa shape index (κ2) is 5.05. The second-order valence-electron chi connectivity index (χ2n) is 3.29. The maximum Gasteiger partial charge on any atom is 0.420 e. The van der Waals surface area contributed by atoms with Crippen LogP contribution >= 0.6 is 11.8 Å². The number of benzene rings is 1. The molecule has 0 N–H and O–H groups in total. The lowest BCUT2D eigenvalue weighted by molar-refractivity contribution is 0.171. The third-order valence-electron chi connectivity index (χ3n) is 2.22. The van der Waals surface area contributed by atoms with E-state index in [1.807, 2.05) is 24.3 Å². The summed E-state index contributed by atoms with van der Waals surface area (Å²) in [4.78, 5) is 16.1. The van der Waals surface area contributed by atoms with Gasteiger partial charge in [-0.3, -0.25) is 0 Å². The molecule has 0 saturated heterocycles. The number of fused-ring (bicyclic) bond motifs is 1. The fourth-order valence-electron chi connectivity index (χ4n) is 1.50. The van der Waals surface area contributed by atoms with Crippen LogP contribution in [0.3, 0.4) is 0 Å². The minimum absolute atomic E-state index is 0.426. The van der Waals surface area contributed by atoms with E-state index >= 15 is 0 Å². The van der Waals surface area contributed by atoms with Crippen LogP contribution in [0.4, 0.5) is 4.79 Å². The molecule has 0 saturated carbocycles. The van der Waals surface area contributed by atoms with Crippen molar-refractivity contribution in [2.75, 3.05) is 12.9 Å². The summed E-state index contributed by atoms with van der Waals surface area (Å²) in [5, 5.41) is 0.623. The number of hydrogen-bond donors (Lipinski definition) is 0. The van der Waals surface area contributed by atoms with Gasteiger partial charge in [0.25, 0.3) is 0 Å². The highest BCUT2D eigenvalue weighted by atomic mass is 32.2. The van der Waals surface area contributed by atoms with Crippen LogP contribution in [0.15, 0.2) is 42.1 Å². The fraction of sp³-hybridized carbons (Fsp3) is 0.167. The van der Waals surface area contributed by atoms with E-state index in [4.69, 9.17) is 4.74 Å². The van der Waals surface area contributed by atoms with Gasteiger partial charge in [-0.2, -0.15) is 0 Å². The molecule has 0 aliphatic carbocycles. The van der Waals surface area contributed by atoms with Crippen LogP contribution in [0.25, 0.3) is 11.0 Å². The third-order valence-corrected chi connectivity index (χ3v) is 3.15. The molecule has 1 aromatic carbocycles.